The minimum Gasteiger partial charge on any atom is -0.279 e. The van der Waals surface area contributed by atoms with Crippen LogP contribution in [-0.4, -0.2) is 11.4 Å². The number of hydrogen-bond acceptors (Lipinski definition) is 4. The van der Waals surface area contributed by atoms with Gasteiger partial charge in [-0.1, -0.05) is 36.4 Å². The molecule has 0 aliphatic heterocycles. The molecule has 0 amide bonds. The van der Waals surface area contributed by atoms with Crippen molar-refractivity contribution >= 4 is 22.8 Å². The van der Waals surface area contributed by atoms with Crippen LogP contribution in [0.2, 0.25) is 0 Å². The van der Waals surface area contributed by atoms with Crippen molar-refractivity contribution in [1.82, 2.24) is 0 Å². The zero-order chi connectivity index (χ0) is 15.0. The summed E-state index contributed by atoms with van der Waals surface area (Å²) in [6.45, 7) is 0. The second-order valence-electron chi connectivity index (χ2n) is 5.34. The van der Waals surface area contributed by atoms with Crippen molar-refractivity contribution in [3.63, 3.8) is 0 Å². The minimum absolute atomic E-state index is 0.833. The van der Waals surface area contributed by atoms with Crippen LogP contribution in [-0.2, 0) is 0 Å². The fourth-order valence-corrected chi connectivity index (χ4v) is 2.41. The average Bonchev–Trinajstić information content (AvgIpc) is 2.60. The molecule has 0 heterocycles. The number of nitrogens with zero attached hydrogens (tertiary/aromatic N) is 2. The van der Waals surface area contributed by atoms with E-state index < -0.39 is 0 Å². The average molecular weight is 292 g/mol. The maximum absolute atomic E-state index is 4.52. The maximum atomic E-state index is 4.52. The zero-order valence-corrected chi connectivity index (χ0v) is 12.5. The van der Waals surface area contributed by atoms with Gasteiger partial charge in [-0.3, -0.25) is 10.9 Å². The third-order valence-electron chi connectivity index (χ3n) is 3.57. The van der Waals surface area contributed by atoms with Crippen molar-refractivity contribution in [1.29, 1.82) is 0 Å². The Morgan fingerprint density at radius 3 is 1.55 bits per heavy atom. The predicted molar refractivity (Wildman–Crippen MR) is 93.5 cm³/mol. The van der Waals surface area contributed by atoms with E-state index in [4.69, 9.17) is 0 Å². The molecule has 0 radical (unpaired) electrons. The molecular formula is C18H20N4. The van der Waals surface area contributed by atoms with Crippen LogP contribution in [0.5, 0.6) is 0 Å². The van der Waals surface area contributed by atoms with Crippen molar-refractivity contribution in [3.8, 4) is 0 Å². The first-order valence-corrected chi connectivity index (χ1v) is 7.63. The highest BCUT2D eigenvalue weighted by molar-refractivity contribution is 6.06. The van der Waals surface area contributed by atoms with Crippen LogP contribution in [0.15, 0.2) is 70.9 Å². The zero-order valence-electron chi connectivity index (χ0n) is 12.5. The highest BCUT2D eigenvalue weighted by atomic mass is 15.3. The van der Waals surface area contributed by atoms with Crippen LogP contribution >= 0.6 is 0 Å². The van der Waals surface area contributed by atoms with Gasteiger partial charge in [-0.2, -0.15) is 10.2 Å². The van der Waals surface area contributed by atoms with Gasteiger partial charge in [0.05, 0.1) is 11.4 Å². The first-order chi connectivity index (χ1) is 10.9. The predicted octanol–water partition coefficient (Wildman–Crippen LogP) is 4.50. The summed E-state index contributed by atoms with van der Waals surface area (Å²) in [6.07, 6.45) is 4.00. The topological polar surface area (TPSA) is 48.8 Å². The molecule has 4 nitrogen and oxygen atoms in total. The number of hydrogen-bond donors (Lipinski definition) is 2. The summed E-state index contributed by atoms with van der Waals surface area (Å²) in [5, 5.41) is 9.03. The van der Waals surface area contributed by atoms with E-state index in [9.17, 15) is 0 Å². The summed E-state index contributed by atoms with van der Waals surface area (Å²) in [6, 6.07) is 20.0. The molecule has 2 aromatic rings. The molecule has 0 saturated heterocycles. The Kier molecular flexibility index (Phi) is 4.82. The summed E-state index contributed by atoms with van der Waals surface area (Å²) in [7, 11) is 0. The van der Waals surface area contributed by atoms with Crippen LogP contribution in [0.1, 0.15) is 25.7 Å². The van der Waals surface area contributed by atoms with Gasteiger partial charge in [0.25, 0.3) is 0 Å². The molecule has 2 N–H and O–H groups in total. The van der Waals surface area contributed by atoms with E-state index in [-0.39, 0.29) is 0 Å². The number of para-hydroxylation sites is 2. The molecule has 4 heteroatoms. The van der Waals surface area contributed by atoms with Gasteiger partial charge in [-0.25, -0.2) is 0 Å². The molecular weight excluding hydrogens is 272 g/mol. The highest BCUT2D eigenvalue weighted by Gasteiger charge is 2.13. The molecule has 1 fully saturated rings. The maximum Gasteiger partial charge on any atom is 0.0561 e. The monoisotopic (exact) mass is 292 g/mol. The molecule has 112 valence electrons. The van der Waals surface area contributed by atoms with E-state index in [1.165, 1.54) is 0 Å². The summed E-state index contributed by atoms with van der Waals surface area (Å²) >= 11 is 0. The molecule has 1 saturated carbocycles. The Hall–Kier alpha value is -2.62. The summed E-state index contributed by atoms with van der Waals surface area (Å²) in [4.78, 5) is 0. The van der Waals surface area contributed by atoms with Gasteiger partial charge in [-0.15, -0.1) is 0 Å². The van der Waals surface area contributed by atoms with Gasteiger partial charge in [-0.05, 0) is 43.5 Å². The summed E-state index contributed by atoms with van der Waals surface area (Å²) in [5.74, 6) is 0. The first-order valence-electron chi connectivity index (χ1n) is 7.63. The molecule has 1 aliphatic carbocycles. The molecule has 3 rings (SSSR count). The molecule has 0 spiro atoms. The number of rotatable bonds is 4. The lowest BCUT2D eigenvalue weighted by Gasteiger charge is -2.15. The van der Waals surface area contributed by atoms with Crippen molar-refractivity contribution in [2.75, 3.05) is 10.9 Å². The standard InChI is InChI=1S/C18H20N4/c1-3-8-15(9-4-1)19-21-17-12-7-13-18(14-17)22-20-16-10-5-2-6-11-16/h1-6,8-11,19-20H,7,12-14H2/b21-17+,22-18+. The Bertz CT molecular complexity index is 590. The van der Waals surface area contributed by atoms with Gasteiger partial charge in [0, 0.05) is 17.8 Å². The normalized spacial score (nSPS) is 18.4. The molecule has 2 aromatic carbocycles. The lowest BCUT2D eigenvalue weighted by atomic mass is 9.97. The van der Waals surface area contributed by atoms with E-state index in [0.29, 0.717) is 0 Å². The van der Waals surface area contributed by atoms with Gasteiger partial charge in [0.15, 0.2) is 0 Å². The summed E-state index contributed by atoms with van der Waals surface area (Å²) in [5.41, 5.74) is 10.6. The van der Waals surface area contributed by atoms with Gasteiger partial charge < -0.3 is 0 Å². The van der Waals surface area contributed by atoms with Gasteiger partial charge in [0.1, 0.15) is 0 Å². The van der Waals surface area contributed by atoms with E-state index in [0.717, 1.165) is 48.5 Å². The van der Waals surface area contributed by atoms with Crippen LogP contribution in [0.3, 0.4) is 0 Å². The van der Waals surface area contributed by atoms with Crippen LogP contribution in [0.4, 0.5) is 11.4 Å². The number of anilines is 2. The number of benzene rings is 2. The largest absolute Gasteiger partial charge is 0.279 e. The van der Waals surface area contributed by atoms with Crippen LogP contribution in [0, 0.1) is 0 Å². The Morgan fingerprint density at radius 2 is 1.09 bits per heavy atom. The lowest BCUT2D eigenvalue weighted by Crippen LogP contribution is -2.17. The quantitative estimate of drug-likeness (QED) is 0.815. The Balaban J connectivity index is 1.59. The molecule has 1 aliphatic rings. The fourth-order valence-electron chi connectivity index (χ4n) is 2.41. The number of nitrogens with one attached hydrogen (secondary N) is 2. The summed E-state index contributed by atoms with van der Waals surface area (Å²) < 4.78 is 0. The molecule has 0 bridgehead atoms. The Labute approximate surface area is 131 Å². The minimum atomic E-state index is 0.833. The lowest BCUT2D eigenvalue weighted by molar-refractivity contribution is 0.867. The van der Waals surface area contributed by atoms with E-state index >= 15 is 0 Å². The number of hydrazone groups is 2. The van der Waals surface area contributed by atoms with Crippen molar-refractivity contribution < 1.29 is 0 Å². The Morgan fingerprint density at radius 1 is 0.636 bits per heavy atom. The van der Waals surface area contributed by atoms with E-state index in [1.54, 1.807) is 0 Å². The fraction of sp³-hybridized carbons (Fsp3) is 0.222. The molecule has 22 heavy (non-hydrogen) atoms. The van der Waals surface area contributed by atoms with Crippen molar-refractivity contribution in [3.05, 3.63) is 60.7 Å². The molecule has 0 atom stereocenters. The first kappa shape index (κ1) is 14.3. The molecule has 0 unspecified atom stereocenters. The second kappa shape index (κ2) is 7.41. The van der Waals surface area contributed by atoms with E-state index in [2.05, 4.69) is 21.1 Å². The van der Waals surface area contributed by atoms with Crippen LogP contribution in [0.25, 0.3) is 0 Å². The SMILES string of the molecule is c1ccc(N/N=C2\CCC/C(=N\Nc3ccccc3)C2)cc1. The third-order valence-corrected chi connectivity index (χ3v) is 3.57. The third kappa shape index (κ3) is 4.19. The van der Waals surface area contributed by atoms with Crippen molar-refractivity contribution in [2.45, 2.75) is 25.7 Å². The van der Waals surface area contributed by atoms with Crippen LogP contribution < -0.4 is 10.9 Å². The van der Waals surface area contributed by atoms with Gasteiger partial charge >= 0.3 is 0 Å². The molecule has 0 aromatic heterocycles. The van der Waals surface area contributed by atoms with Crippen molar-refractivity contribution in [2.24, 2.45) is 10.2 Å². The highest BCUT2D eigenvalue weighted by Crippen LogP contribution is 2.15. The van der Waals surface area contributed by atoms with Gasteiger partial charge in [0.2, 0.25) is 0 Å². The van der Waals surface area contributed by atoms with E-state index in [1.807, 2.05) is 60.7 Å². The second-order valence-corrected chi connectivity index (χ2v) is 5.34. The smallest absolute Gasteiger partial charge is 0.0561 e.